The fourth-order valence-electron chi connectivity index (χ4n) is 3.41. The average molecular weight is 348 g/mol. The van der Waals surface area contributed by atoms with Crippen LogP contribution in [0.15, 0.2) is 54.7 Å². The van der Waals surface area contributed by atoms with Crippen molar-refractivity contribution in [2.75, 3.05) is 38.1 Å². The quantitative estimate of drug-likeness (QED) is 0.535. The van der Waals surface area contributed by atoms with Crippen LogP contribution in [0.1, 0.15) is 0 Å². The van der Waals surface area contributed by atoms with Crippen LogP contribution in [0.25, 0.3) is 22.0 Å². The predicted molar refractivity (Wildman–Crippen MR) is 104 cm³/mol. The average Bonchev–Trinajstić information content (AvgIpc) is 2.68. The summed E-state index contributed by atoms with van der Waals surface area (Å²) in [5, 5.41) is 12.1. The number of hydrogen-bond acceptors (Lipinski definition) is 5. The van der Waals surface area contributed by atoms with E-state index in [4.69, 9.17) is 0 Å². The number of hydrogen-bond donors (Lipinski definition) is 0. The van der Waals surface area contributed by atoms with Gasteiger partial charge < -0.3 is 9.80 Å². The summed E-state index contributed by atoms with van der Waals surface area (Å²) < 4.78 is 0. The summed E-state index contributed by atoms with van der Waals surface area (Å²) in [4.78, 5) is 20.1. The topological polar surface area (TPSA) is 62.5 Å². The van der Waals surface area contributed by atoms with Crippen LogP contribution < -0.4 is 4.90 Å². The van der Waals surface area contributed by atoms with Crippen molar-refractivity contribution in [1.82, 2.24) is 9.88 Å². The number of nitro benzene ring substituents is 1. The van der Waals surface area contributed by atoms with Gasteiger partial charge in [0.25, 0.3) is 5.69 Å². The molecule has 6 nitrogen and oxygen atoms in total. The third kappa shape index (κ3) is 3.11. The van der Waals surface area contributed by atoms with Gasteiger partial charge in [-0.15, -0.1) is 0 Å². The number of nitro groups is 1. The number of likely N-dealkylation sites (N-methyl/N-ethyl adjacent to an activating group) is 1. The molecule has 0 N–H and O–H groups in total. The zero-order valence-corrected chi connectivity index (χ0v) is 14.6. The maximum Gasteiger partial charge on any atom is 0.270 e. The number of rotatable bonds is 3. The van der Waals surface area contributed by atoms with Crippen LogP contribution in [-0.4, -0.2) is 48.0 Å². The Bertz CT molecular complexity index is 965. The summed E-state index contributed by atoms with van der Waals surface area (Å²) >= 11 is 0. The van der Waals surface area contributed by atoms with Crippen LogP contribution in [0.2, 0.25) is 0 Å². The molecule has 0 radical (unpaired) electrons. The first-order chi connectivity index (χ1) is 12.6. The Morgan fingerprint density at radius 1 is 1.04 bits per heavy atom. The summed E-state index contributed by atoms with van der Waals surface area (Å²) in [6.07, 6.45) is 1.92. The molecule has 0 bridgehead atoms. The standard InChI is InChI=1S/C20H20N4O2/c1-22-8-10-23(11-9-22)17-13-19-18(6-3-7-20(19)21-14-17)15-4-2-5-16(12-15)24(25)26/h2-7,12-14H,8-11H2,1H3. The van der Waals surface area contributed by atoms with Gasteiger partial charge in [0.2, 0.25) is 0 Å². The van der Waals surface area contributed by atoms with E-state index in [9.17, 15) is 10.1 Å². The van der Waals surface area contributed by atoms with Crippen molar-refractivity contribution in [1.29, 1.82) is 0 Å². The van der Waals surface area contributed by atoms with Crippen LogP contribution in [0.4, 0.5) is 11.4 Å². The molecule has 0 saturated carbocycles. The molecule has 6 heteroatoms. The summed E-state index contributed by atoms with van der Waals surface area (Å²) in [7, 11) is 2.14. The maximum absolute atomic E-state index is 11.1. The highest BCUT2D eigenvalue weighted by atomic mass is 16.6. The van der Waals surface area contributed by atoms with Crippen molar-refractivity contribution in [3.63, 3.8) is 0 Å². The van der Waals surface area contributed by atoms with Crippen LogP contribution in [0.5, 0.6) is 0 Å². The van der Waals surface area contributed by atoms with E-state index in [1.807, 2.05) is 30.5 Å². The van der Waals surface area contributed by atoms with E-state index in [-0.39, 0.29) is 10.6 Å². The van der Waals surface area contributed by atoms with Crippen LogP contribution in [-0.2, 0) is 0 Å². The zero-order valence-electron chi connectivity index (χ0n) is 14.6. The van der Waals surface area contributed by atoms with E-state index in [0.29, 0.717) is 0 Å². The van der Waals surface area contributed by atoms with Gasteiger partial charge in [0, 0.05) is 43.7 Å². The Balaban J connectivity index is 1.79. The minimum atomic E-state index is -0.359. The van der Waals surface area contributed by atoms with Crippen LogP contribution in [0, 0.1) is 10.1 Å². The van der Waals surface area contributed by atoms with Gasteiger partial charge in [-0.3, -0.25) is 15.1 Å². The van der Waals surface area contributed by atoms with E-state index in [0.717, 1.165) is 53.9 Å². The highest BCUT2D eigenvalue weighted by molar-refractivity contribution is 5.96. The van der Waals surface area contributed by atoms with Gasteiger partial charge in [-0.2, -0.15) is 0 Å². The third-order valence-corrected chi connectivity index (χ3v) is 4.95. The van der Waals surface area contributed by atoms with Gasteiger partial charge in [0.1, 0.15) is 0 Å². The van der Waals surface area contributed by atoms with Crippen molar-refractivity contribution in [3.05, 3.63) is 64.8 Å². The maximum atomic E-state index is 11.1. The third-order valence-electron chi connectivity index (χ3n) is 4.95. The van der Waals surface area contributed by atoms with Crippen LogP contribution in [0.3, 0.4) is 0 Å². The molecule has 1 saturated heterocycles. The number of pyridine rings is 1. The summed E-state index contributed by atoms with van der Waals surface area (Å²) in [5.41, 5.74) is 3.90. The molecule has 0 amide bonds. The Kier molecular flexibility index (Phi) is 4.26. The van der Waals surface area contributed by atoms with E-state index >= 15 is 0 Å². The molecule has 0 unspecified atom stereocenters. The van der Waals surface area contributed by atoms with E-state index < -0.39 is 0 Å². The first-order valence-corrected chi connectivity index (χ1v) is 8.69. The number of nitrogens with zero attached hydrogens (tertiary/aromatic N) is 4. The largest absolute Gasteiger partial charge is 0.368 e. The number of anilines is 1. The van der Waals surface area contributed by atoms with Crippen molar-refractivity contribution in [2.24, 2.45) is 0 Å². The number of piperazine rings is 1. The molecule has 0 spiro atoms. The molecule has 0 atom stereocenters. The SMILES string of the molecule is CN1CCN(c2cnc3cccc(-c4cccc([N+](=O)[O-])c4)c3c2)CC1. The minimum Gasteiger partial charge on any atom is -0.368 e. The highest BCUT2D eigenvalue weighted by Gasteiger charge is 2.16. The molecule has 2 heterocycles. The molecular formula is C20H20N4O2. The lowest BCUT2D eigenvalue weighted by atomic mass is 10.00. The van der Waals surface area contributed by atoms with Gasteiger partial charge in [-0.1, -0.05) is 24.3 Å². The fourth-order valence-corrected chi connectivity index (χ4v) is 3.41. The predicted octanol–water partition coefficient (Wildman–Crippen LogP) is 3.56. The van der Waals surface area contributed by atoms with Crippen molar-refractivity contribution >= 4 is 22.3 Å². The Hall–Kier alpha value is -2.99. The zero-order chi connectivity index (χ0) is 18.1. The van der Waals surface area contributed by atoms with Crippen molar-refractivity contribution in [2.45, 2.75) is 0 Å². The Morgan fingerprint density at radius 2 is 1.81 bits per heavy atom. The number of fused-ring (bicyclic) bond motifs is 1. The molecule has 1 aliphatic heterocycles. The lowest BCUT2D eigenvalue weighted by Gasteiger charge is -2.34. The van der Waals surface area contributed by atoms with Crippen LogP contribution >= 0.6 is 0 Å². The van der Waals surface area contributed by atoms with Gasteiger partial charge in [-0.05, 0) is 30.3 Å². The lowest BCUT2D eigenvalue weighted by molar-refractivity contribution is -0.384. The second kappa shape index (κ2) is 6.72. The lowest BCUT2D eigenvalue weighted by Crippen LogP contribution is -2.44. The van der Waals surface area contributed by atoms with E-state index in [1.54, 1.807) is 12.1 Å². The smallest absolute Gasteiger partial charge is 0.270 e. The number of non-ortho nitro benzene ring substituents is 1. The second-order valence-corrected chi connectivity index (χ2v) is 6.66. The van der Waals surface area contributed by atoms with E-state index in [1.165, 1.54) is 6.07 Å². The Morgan fingerprint density at radius 3 is 2.58 bits per heavy atom. The fraction of sp³-hybridized carbons (Fsp3) is 0.250. The van der Waals surface area contributed by atoms with Crippen molar-refractivity contribution < 1.29 is 4.92 Å². The highest BCUT2D eigenvalue weighted by Crippen LogP contribution is 2.32. The first-order valence-electron chi connectivity index (χ1n) is 8.69. The molecule has 0 aliphatic carbocycles. The molecule has 3 aromatic rings. The van der Waals surface area contributed by atoms with Gasteiger partial charge in [0.05, 0.1) is 22.3 Å². The van der Waals surface area contributed by atoms with Gasteiger partial charge >= 0.3 is 0 Å². The number of aromatic nitrogens is 1. The molecular weight excluding hydrogens is 328 g/mol. The molecule has 1 aliphatic rings. The molecule has 132 valence electrons. The molecule has 4 rings (SSSR count). The molecule has 2 aromatic carbocycles. The number of benzene rings is 2. The Labute approximate surface area is 151 Å². The normalized spacial score (nSPS) is 15.3. The van der Waals surface area contributed by atoms with Gasteiger partial charge in [-0.25, -0.2) is 0 Å². The summed E-state index contributed by atoms with van der Waals surface area (Å²) in [6, 6.07) is 14.8. The van der Waals surface area contributed by atoms with Crippen molar-refractivity contribution in [3.8, 4) is 11.1 Å². The first kappa shape index (κ1) is 16.5. The monoisotopic (exact) mass is 348 g/mol. The minimum absolute atomic E-state index is 0.0997. The van der Waals surface area contributed by atoms with Gasteiger partial charge in [0.15, 0.2) is 0 Å². The summed E-state index contributed by atoms with van der Waals surface area (Å²) in [5.74, 6) is 0. The summed E-state index contributed by atoms with van der Waals surface area (Å²) in [6.45, 7) is 4.01. The second-order valence-electron chi connectivity index (χ2n) is 6.66. The molecule has 1 aromatic heterocycles. The molecule has 1 fully saturated rings. The van der Waals surface area contributed by atoms with E-state index in [2.05, 4.69) is 27.9 Å². The molecule has 26 heavy (non-hydrogen) atoms.